The number of anilines is 1. The van der Waals surface area contributed by atoms with Gasteiger partial charge in [0.2, 0.25) is 0 Å². The van der Waals surface area contributed by atoms with Gasteiger partial charge in [-0.3, -0.25) is 4.98 Å². The van der Waals surface area contributed by atoms with Gasteiger partial charge in [-0.2, -0.15) is 0 Å². The summed E-state index contributed by atoms with van der Waals surface area (Å²) in [5.41, 5.74) is 1.20. The van der Waals surface area contributed by atoms with Crippen LogP contribution < -0.4 is 4.90 Å². The Hall–Kier alpha value is -1.68. The zero-order chi connectivity index (χ0) is 14.4. The number of pyridine rings is 1. The zero-order valence-corrected chi connectivity index (χ0v) is 12.6. The van der Waals surface area contributed by atoms with Gasteiger partial charge in [0.05, 0.1) is 0 Å². The Morgan fingerprint density at radius 1 is 1.15 bits per heavy atom. The smallest absolute Gasteiger partial charge is 0.134 e. The monoisotopic (exact) mass is 290 g/mol. The Morgan fingerprint density at radius 3 is 2.55 bits per heavy atom. The third-order valence-corrected chi connectivity index (χ3v) is 3.22. The molecule has 5 heteroatoms. The van der Waals surface area contributed by atoms with E-state index in [1.54, 1.807) is 12.4 Å². The van der Waals surface area contributed by atoms with E-state index in [9.17, 15) is 0 Å². The van der Waals surface area contributed by atoms with Crippen LogP contribution in [0.3, 0.4) is 0 Å². The van der Waals surface area contributed by atoms with Gasteiger partial charge >= 0.3 is 0 Å². The van der Waals surface area contributed by atoms with Gasteiger partial charge in [0.1, 0.15) is 16.8 Å². The lowest BCUT2D eigenvalue weighted by molar-refractivity contribution is 0.779. The van der Waals surface area contributed by atoms with Gasteiger partial charge in [0, 0.05) is 38.0 Å². The van der Waals surface area contributed by atoms with Crippen LogP contribution in [0.4, 0.5) is 5.82 Å². The Kier molecular flexibility index (Phi) is 5.30. The van der Waals surface area contributed by atoms with Gasteiger partial charge in [-0.15, -0.1) is 0 Å². The molecule has 2 aromatic heterocycles. The van der Waals surface area contributed by atoms with Crippen LogP contribution >= 0.6 is 11.6 Å². The maximum atomic E-state index is 6.10. The fraction of sp³-hybridized carbons (Fsp3) is 0.400. The molecule has 0 radical (unpaired) electrons. The van der Waals surface area contributed by atoms with Crippen LogP contribution in [0, 0.1) is 0 Å². The molecular formula is C15H19ClN4. The molecule has 0 aliphatic carbocycles. The Labute approximate surface area is 124 Å². The van der Waals surface area contributed by atoms with E-state index in [4.69, 9.17) is 11.6 Å². The van der Waals surface area contributed by atoms with Crippen LogP contribution in [-0.4, -0.2) is 21.5 Å². The molecule has 0 aliphatic heterocycles. The molecule has 2 aromatic rings. The van der Waals surface area contributed by atoms with Crippen molar-refractivity contribution in [2.75, 3.05) is 11.4 Å². The van der Waals surface area contributed by atoms with Crippen molar-refractivity contribution in [3.63, 3.8) is 0 Å². The molecule has 0 N–H and O–H groups in total. The van der Waals surface area contributed by atoms with Crippen LogP contribution in [0.1, 0.15) is 31.7 Å². The highest BCUT2D eigenvalue weighted by molar-refractivity contribution is 6.29. The van der Waals surface area contributed by atoms with Gasteiger partial charge in [-0.25, -0.2) is 9.97 Å². The summed E-state index contributed by atoms with van der Waals surface area (Å²) in [4.78, 5) is 15.1. The molecule has 2 heterocycles. The number of rotatable bonds is 6. The van der Waals surface area contributed by atoms with E-state index >= 15 is 0 Å². The van der Waals surface area contributed by atoms with Crippen molar-refractivity contribution < 1.29 is 0 Å². The standard InChI is InChI=1S/C15H19ClN4/c1-3-5-14-18-13(16)10-15(19-14)20(4-2)11-12-6-8-17-9-7-12/h6-10H,3-5,11H2,1-2H3. The quantitative estimate of drug-likeness (QED) is 0.764. The van der Waals surface area contributed by atoms with Gasteiger partial charge in [-0.05, 0) is 31.0 Å². The van der Waals surface area contributed by atoms with Crippen LogP contribution in [0.5, 0.6) is 0 Å². The highest BCUT2D eigenvalue weighted by Gasteiger charge is 2.10. The highest BCUT2D eigenvalue weighted by atomic mass is 35.5. The van der Waals surface area contributed by atoms with Crippen molar-refractivity contribution in [3.05, 3.63) is 47.1 Å². The van der Waals surface area contributed by atoms with E-state index in [1.807, 2.05) is 18.2 Å². The topological polar surface area (TPSA) is 41.9 Å². The molecule has 0 fully saturated rings. The van der Waals surface area contributed by atoms with Crippen LogP contribution in [0.15, 0.2) is 30.6 Å². The Morgan fingerprint density at radius 2 is 1.90 bits per heavy atom. The number of nitrogens with zero attached hydrogens (tertiary/aromatic N) is 4. The molecule has 4 nitrogen and oxygen atoms in total. The molecule has 106 valence electrons. The van der Waals surface area contributed by atoms with Gasteiger partial charge in [0.15, 0.2) is 0 Å². The molecule has 2 rings (SSSR count). The molecule has 0 saturated heterocycles. The summed E-state index contributed by atoms with van der Waals surface area (Å²) in [7, 11) is 0. The van der Waals surface area contributed by atoms with E-state index < -0.39 is 0 Å². The third-order valence-electron chi connectivity index (χ3n) is 3.03. The minimum atomic E-state index is 0.506. The summed E-state index contributed by atoms with van der Waals surface area (Å²) in [5.74, 6) is 1.69. The first-order valence-electron chi connectivity index (χ1n) is 6.90. The lowest BCUT2D eigenvalue weighted by atomic mass is 10.2. The van der Waals surface area contributed by atoms with E-state index in [0.29, 0.717) is 5.15 Å². The molecule has 0 saturated carbocycles. The summed E-state index contributed by atoms with van der Waals surface area (Å²) in [6.07, 6.45) is 5.47. The minimum absolute atomic E-state index is 0.506. The van der Waals surface area contributed by atoms with Gasteiger partial charge in [0.25, 0.3) is 0 Å². The summed E-state index contributed by atoms with van der Waals surface area (Å²) >= 11 is 6.10. The average molecular weight is 291 g/mol. The second-order valence-electron chi connectivity index (χ2n) is 4.58. The molecule has 0 aliphatic rings. The molecule has 0 unspecified atom stereocenters. The largest absolute Gasteiger partial charge is 0.352 e. The first-order valence-corrected chi connectivity index (χ1v) is 7.28. The average Bonchev–Trinajstić information content (AvgIpc) is 2.45. The predicted molar refractivity (Wildman–Crippen MR) is 82.0 cm³/mol. The van der Waals surface area contributed by atoms with Crippen molar-refractivity contribution in [1.82, 2.24) is 15.0 Å². The number of halogens is 1. The second kappa shape index (κ2) is 7.20. The van der Waals surface area contributed by atoms with E-state index in [0.717, 1.165) is 37.6 Å². The number of hydrogen-bond donors (Lipinski definition) is 0. The van der Waals surface area contributed by atoms with Crippen molar-refractivity contribution in [2.45, 2.75) is 33.2 Å². The predicted octanol–water partition coefficient (Wildman–Crippen LogP) is 3.50. The Balaban J connectivity index is 2.22. The summed E-state index contributed by atoms with van der Waals surface area (Å²) < 4.78 is 0. The zero-order valence-electron chi connectivity index (χ0n) is 11.9. The van der Waals surface area contributed by atoms with Crippen molar-refractivity contribution >= 4 is 17.4 Å². The molecule has 0 amide bonds. The van der Waals surface area contributed by atoms with Crippen molar-refractivity contribution in [2.24, 2.45) is 0 Å². The van der Waals surface area contributed by atoms with E-state index in [2.05, 4.69) is 33.7 Å². The lowest BCUT2D eigenvalue weighted by Gasteiger charge is -2.22. The first-order chi connectivity index (χ1) is 9.72. The third kappa shape index (κ3) is 3.90. The molecule has 0 bridgehead atoms. The summed E-state index contributed by atoms with van der Waals surface area (Å²) in [5, 5.41) is 0.506. The van der Waals surface area contributed by atoms with E-state index in [1.165, 1.54) is 5.56 Å². The van der Waals surface area contributed by atoms with Crippen molar-refractivity contribution in [3.8, 4) is 0 Å². The fourth-order valence-electron chi connectivity index (χ4n) is 2.01. The van der Waals surface area contributed by atoms with Crippen molar-refractivity contribution in [1.29, 1.82) is 0 Å². The SMILES string of the molecule is CCCc1nc(Cl)cc(N(CC)Cc2ccncc2)n1. The second-order valence-corrected chi connectivity index (χ2v) is 4.97. The van der Waals surface area contributed by atoms with Crippen LogP contribution in [0.2, 0.25) is 5.15 Å². The number of aromatic nitrogens is 3. The fourth-order valence-corrected chi connectivity index (χ4v) is 2.21. The molecular weight excluding hydrogens is 272 g/mol. The van der Waals surface area contributed by atoms with Gasteiger partial charge in [-0.1, -0.05) is 18.5 Å². The summed E-state index contributed by atoms with van der Waals surface area (Å²) in [6.45, 7) is 5.87. The van der Waals surface area contributed by atoms with E-state index in [-0.39, 0.29) is 0 Å². The Bertz CT molecular complexity index is 545. The maximum absolute atomic E-state index is 6.10. The highest BCUT2D eigenvalue weighted by Crippen LogP contribution is 2.18. The number of aryl methyl sites for hydroxylation is 1. The van der Waals surface area contributed by atoms with Crippen LogP contribution in [0.25, 0.3) is 0 Å². The lowest BCUT2D eigenvalue weighted by Crippen LogP contribution is -2.23. The normalized spacial score (nSPS) is 10.6. The van der Waals surface area contributed by atoms with Crippen LogP contribution in [-0.2, 0) is 13.0 Å². The molecule has 20 heavy (non-hydrogen) atoms. The minimum Gasteiger partial charge on any atom is -0.352 e. The number of hydrogen-bond acceptors (Lipinski definition) is 4. The summed E-state index contributed by atoms with van der Waals surface area (Å²) in [6, 6.07) is 5.85. The first kappa shape index (κ1) is 14.7. The maximum Gasteiger partial charge on any atom is 0.134 e. The molecule has 0 aromatic carbocycles. The molecule has 0 spiro atoms. The molecule has 0 atom stereocenters. The van der Waals surface area contributed by atoms with Gasteiger partial charge < -0.3 is 4.90 Å².